The fourth-order valence-corrected chi connectivity index (χ4v) is 3.71. The van der Waals surface area contributed by atoms with Gasteiger partial charge in [0.1, 0.15) is 0 Å². The number of phenols is 1. The van der Waals surface area contributed by atoms with E-state index in [2.05, 4.69) is 11.4 Å². The van der Waals surface area contributed by atoms with E-state index in [1.165, 1.54) is 31.2 Å². The summed E-state index contributed by atoms with van der Waals surface area (Å²) in [6, 6.07) is 11.0. The average molecular weight is 331 g/mol. The highest BCUT2D eigenvalue weighted by molar-refractivity contribution is 7.99. The Hall–Kier alpha value is -2.34. The van der Waals surface area contributed by atoms with Gasteiger partial charge in [0.05, 0.1) is 20.3 Å². The molecule has 6 heteroatoms. The molecule has 0 aromatic heterocycles. The minimum absolute atomic E-state index is 0.0329. The fraction of sp³-hybridized carbons (Fsp3) is 0.235. The first-order valence-corrected chi connectivity index (χ1v) is 8.10. The van der Waals surface area contributed by atoms with Crippen LogP contribution in [0.2, 0.25) is 0 Å². The van der Waals surface area contributed by atoms with E-state index in [4.69, 9.17) is 9.47 Å². The number of rotatable bonds is 4. The van der Waals surface area contributed by atoms with Crippen LogP contribution in [0.5, 0.6) is 17.2 Å². The topological polar surface area (TPSA) is 67.8 Å². The summed E-state index contributed by atoms with van der Waals surface area (Å²) in [6.07, 6.45) is 0. The molecule has 1 aliphatic heterocycles. The highest BCUT2D eigenvalue weighted by Crippen LogP contribution is 2.39. The maximum absolute atomic E-state index is 12.5. The second kappa shape index (κ2) is 6.42. The van der Waals surface area contributed by atoms with E-state index >= 15 is 0 Å². The van der Waals surface area contributed by atoms with E-state index in [1.807, 2.05) is 18.2 Å². The van der Waals surface area contributed by atoms with E-state index in [0.717, 1.165) is 11.3 Å². The molecule has 0 fully saturated rings. The third-order valence-electron chi connectivity index (χ3n) is 3.75. The zero-order valence-electron chi connectivity index (χ0n) is 12.8. The number of fused-ring (bicyclic) bond motifs is 1. The molecule has 2 aromatic rings. The summed E-state index contributed by atoms with van der Waals surface area (Å²) in [5.41, 5.74) is 1.51. The summed E-state index contributed by atoms with van der Waals surface area (Å²) in [5.74, 6) is 0.862. The Morgan fingerprint density at radius 3 is 2.52 bits per heavy atom. The van der Waals surface area contributed by atoms with Crippen molar-refractivity contribution in [2.45, 2.75) is 10.9 Å². The van der Waals surface area contributed by atoms with Gasteiger partial charge in [0.25, 0.3) is 5.91 Å². The molecule has 5 nitrogen and oxygen atoms in total. The summed E-state index contributed by atoms with van der Waals surface area (Å²) < 4.78 is 10.2. The molecule has 0 unspecified atom stereocenters. The van der Waals surface area contributed by atoms with Gasteiger partial charge in [0.2, 0.25) is 5.75 Å². The number of thioether (sulfide) groups is 1. The molecule has 2 N–H and O–H groups in total. The maximum atomic E-state index is 12.5. The molecular weight excluding hydrogens is 314 g/mol. The van der Waals surface area contributed by atoms with E-state index in [1.54, 1.807) is 11.8 Å². The fourth-order valence-electron chi connectivity index (χ4n) is 2.55. The Morgan fingerprint density at radius 1 is 1.22 bits per heavy atom. The molecule has 1 aliphatic rings. The van der Waals surface area contributed by atoms with Crippen LogP contribution in [-0.2, 0) is 0 Å². The number of methoxy groups -OCH3 is 2. The lowest BCUT2D eigenvalue weighted by atomic mass is 10.1. The van der Waals surface area contributed by atoms with E-state index in [0.29, 0.717) is 5.56 Å². The van der Waals surface area contributed by atoms with Crippen molar-refractivity contribution < 1.29 is 19.4 Å². The van der Waals surface area contributed by atoms with E-state index in [9.17, 15) is 9.90 Å². The Balaban J connectivity index is 1.84. The predicted molar refractivity (Wildman–Crippen MR) is 88.6 cm³/mol. The van der Waals surface area contributed by atoms with Gasteiger partial charge in [-0.1, -0.05) is 18.2 Å². The minimum Gasteiger partial charge on any atom is -0.502 e. The lowest BCUT2D eigenvalue weighted by molar-refractivity contribution is 0.0940. The zero-order chi connectivity index (χ0) is 16.4. The van der Waals surface area contributed by atoms with Crippen LogP contribution < -0.4 is 14.8 Å². The van der Waals surface area contributed by atoms with Crippen LogP contribution in [0.15, 0.2) is 41.3 Å². The van der Waals surface area contributed by atoms with Gasteiger partial charge in [0.15, 0.2) is 11.5 Å². The van der Waals surface area contributed by atoms with Crippen molar-refractivity contribution in [1.82, 2.24) is 5.32 Å². The van der Waals surface area contributed by atoms with Gasteiger partial charge in [-0.25, -0.2) is 0 Å². The largest absolute Gasteiger partial charge is 0.502 e. The lowest BCUT2D eigenvalue weighted by Crippen LogP contribution is -2.28. The Labute approximate surface area is 138 Å². The molecule has 0 bridgehead atoms. The number of ether oxygens (including phenoxy) is 2. The van der Waals surface area contributed by atoms with Gasteiger partial charge >= 0.3 is 0 Å². The van der Waals surface area contributed by atoms with Gasteiger partial charge in [-0.2, -0.15) is 0 Å². The molecule has 23 heavy (non-hydrogen) atoms. The Kier molecular flexibility index (Phi) is 4.34. The van der Waals surface area contributed by atoms with Crippen molar-refractivity contribution in [2.24, 2.45) is 0 Å². The highest BCUT2D eigenvalue weighted by Gasteiger charge is 2.25. The molecule has 0 saturated carbocycles. The van der Waals surface area contributed by atoms with Crippen LogP contribution in [0.4, 0.5) is 0 Å². The number of benzene rings is 2. The predicted octanol–water partition coefficient (Wildman–Crippen LogP) is 2.99. The monoisotopic (exact) mass is 331 g/mol. The molecule has 2 aromatic carbocycles. The summed E-state index contributed by atoms with van der Waals surface area (Å²) in [6.45, 7) is 0. The molecule has 3 rings (SSSR count). The first-order valence-electron chi connectivity index (χ1n) is 7.11. The SMILES string of the molecule is COc1cc(C(=O)N[C@@H]2CSc3ccccc32)cc(OC)c1O. The number of nitrogens with one attached hydrogen (secondary N) is 1. The minimum atomic E-state index is -0.232. The standard InChI is InChI=1S/C17H17NO4S/c1-21-13-7-10(8-14(22-2)16(13)19)17(20)18-12-9-23-15-6-4-3-5-11(12)15/h3-8,12,19H,9H2,1-2H3,(H,18,20)/t12-/m1/s1. The molecule has 0 radical (unpaired) electrons. The van der Waals surface area contributed by atoms with Gasteiger partial charge in [-0.05, 0) is 23.8 Å². The normalized spacial score (nSPS) is 15.8. The first kappa shape index (κ1) is 15.6. The average Bonchev–Trinajstić information content (AvgIpc) is 2.98. The third-order valence-corrected chi connectivity index (χ3v) is 4.93. The van der Waals surface area contributed by atoms with Crippen LogP contribution in [0.1, 0.15) is 22.0 Å². The van der Waals surface area contributed by atoms with Crippen molar-refractivity contribution in [3.8, 4) is 17.2 Å². The Bertz CT molecular complexity index is 722. The Morgan fingerprint density at radius 2 is 1.87 bits per heavy atom. The molecule has 120 valence electrons. The first-order chi connectivity index (χ1) is 11.1. The second-order valence-electron chi connectivity index (χ2n) is 5.10. The molecule has 0 aliphatic carbocycles. The van der Waals surface area contributed by atoms with Crippen LogP contribution in [-0.4, -0.2) is 31.0 Å². The van der Waals surface area contributed by atoms with Gasteiger partial charge in [-0.15, -0.1) is 11.8 Å². The summed E-state index contributed by atoms with van der Waals surface area (Å²) in [7, 11) is 2.86. The summed E-state index contributed by atoms with van der Waals surface area (Å²) in [4.78, 5) is 13.7. The van der Waals surface area contributed by atoms with Crippen molar-refractivity contribution in [3.05, 3.63) is 47.5 Å². The van der Waals surface area contributed by atoms with Crippen molar-refractivity contribution in [1.29, 1.82) is 0 Å². The molecule has 1 heterocycles. The van der Waals surface area contributed by atoms with Crippen LogP contribution >= 0.6 is 11.8 Å². The zero-order valence-corrected chi connectivity index (χ0v) is 13.6. The van der Waals surface area contributed by atoms with Gasteiger partial charge in [-0.3, -0.25) is 4.79 Å². The molecular formula is C17H17NO4S. The van der Waals surface area contributed by atoms with Gasteiger partial charge < -0.3 is 19.9 Å². The van der Waals surface area contributed by atoms with Crippen molar-refractivity contribution >= 4 is 17.7 Å². The van der Waals surface area contributed by atoms with Crippen molar-refractivity contribution in [3.63, 3.8) is 0 Å². The lowest BCUT2D eigenvalue weighted by Gasteiger charge is -2.15. The smallest absolute Gasteiger partial charge is 0.252 e. The van der Waals surface area contributed by atoms with Crippen LogP contribution in [0.3, 0.4) is 0 Å². The van der Waals surface area contributed by atoms with E-state index < -0.39 is 0 Å². The third kappa shape index (κ3) is 2.94. The molecule has 1 amide bonds. The summed E-state index contributed by atoms with van der Waals surface area (Å²) >= 11 is 1.73. The molecule has 0 saturated heterocycles. The molecule has 1 atom stereocenters. The number of carbonyl (C=O) groups excluding carboxylic acids is 1. The van der Waals surface area contributed by atoms with Gasteiger partial charge in [0, 0.05) is 16.2 Å². The maximum Gasteiger partial charge on any atom is 0.252 e. The number of carbonyl (C=O) groups is 1. The van der Waals surface area contributed by atoms with Crippen LogP contribution in [0, 0.1) is 0 Å². The number of amides is 1. The molecule has 0 spiro atoms. The quantitative estimate of drug-likeness (QED) is 0.901. The number of phenolic OH excluding ortho intramolecular Hbond substituents is 1. The van der Waals surface area contributed by atoms with Crippen molar-refractivity contribution in [2.75, 3.05) is 20.0 Å². The number of hydrogen-bond acceptors (Lipinski definition) is 5. The number of hydrogen-bond donors (Lipinski definition) is 2. The second-order valence-corrected chi connectivity index (χ2v) is 6.17. The number of aromatic hydroxyl groups is 1. The highest BCUT2D eigenvalue weighted by atomic mass is 32.2. The van der Waals surface area contributed by atoms with Crippen LogP contribution in [0.25, 0.3) is 0 Å². The van der Waals surface area contributed by atoms with E-state index in [-0.39, 0.29) is 29.2 Å². The summed E-state index contributed by atoms with van der Waals surface area (Å²) in [5, 5.41) is 12.9.